The molecule has 0 aliphatic carbocycles. The molecule has 15 heavy (non-hydrogen) atoms. The van der Waals surface area contributed by atoms with E-state index in [1.54, 1.807) is 7.11 Å². The molecule has 0 radical (unpaired) electrons. The van der Waals surface area contributed by atoms with E-state index in [4.69, 9.17) is 4.74 Å². The van der Waals surface area contributed by atoms with E-state index in [1.165, 1.54) is 0 Å². The van der Waals surface area contributed by atoms with Crippen molar-refractivity contribution in [3.05, 3.63) is 0 Å². The Balaban J connectivity index is 2.63. The molecule has 0 saturated carbocycles. The van der Waals surface area contributed by atoms with Crippen LogP contribution in [-0.4, -0.2) is 43.3 Å². The molecule has 1 fully saturated rings. The van der Waals surface area contributed by atoms with Crippen molar-refractivity contribution >= 4 is 5.91 Å². The standard InChI is InChI=1S/C11H22N2O2/c1-5-9-12-10(8(2)3)11(14)13(9)6-7-15-4/h8-10,12H,5-7H2,1-4H3. The van der Waals surface area contributed by atoms with Gasteiger partial charge in [-0.1, -0.05) is 20.8 Å². The van der Waals surface area contributed by atoms with Gasteiger partial charge in [0.05, 0.1) is 18.8 Å². The van der Waals surface area contributed by atoms with Gasteiger partial charge in [0.15, 0.2) is 0 Å². The summed E-state index contributed by atoms with van der Waals surface area (Å²) in [4.78, 5) is 13.9. The number of amides is 1. The number of rotatable bonds is 5. The topological polar surface area (TPSA) is 41.6 Å². The summed E-state index contributed by atoms with van der Waals surface area (Å²) in [5.74, 6) is 0.563. The first kappa shape index (κ1) is 12.5. The summed E-state index contributed by atoms with van der Waals surface area (Å²) in [6.45, 7) is 7.52. The largest absolute Gasteiger partial charge is 0.383 e. The normalized spacial score (nSPS) is 26.7. The Morgan fingerprint density at radius 3 is 2.67 bits per heavy atom. The maximum Gasteiger partial charge on any atom is 0.241 e. The van der Waals surface area contributed by atoms with Crippen LogP contribution in [0.3, 0.4) is 0 Å². The second-order valence-corrected chi connectivity index (χ2v) is 4.34. The monoisotopic (exact) mass is 214 g/mol. The van der Waals surface area contributed by atoms with Gasteiger partial charge >= 0.3 is 0 Å². The summed E-state index contributed by atoms with van der Waals surface area (Å²) < 4.78 is 5.02. The molecule has 1 aliphatic heterocycles. The molecule has 1 aliphatic rings. The van der Waals surface area contributed by atoms with Crippen LogP contribution in [0.5, 0.6) is 0 Å². The fourth-order valence-electron chi connectivity index (χ4n) is 1.97. The molecule has 1 saturated heterocycles. The first-order valence-electron chi connectivity index (χ1n) is 5.67. The number of nitrogens with zero attached hydrogens (tertiary/aromatic N) is 1. The lowest BCUT2D eigenvalue weighted by molar-refractivity contribution is -0.131. The minimum atomic E-state index is -0.0215. The molecule has 0 aromatic heterocycles. The summed E-state index contributed by atoms with van der Waals surface area (Å²) in [6.07, 6.45) is 1.12. The molecule has 1 N–H and O–H groups in total. The van der Waals surface area contributed by atoms with Gasteiger partial charge in [0, 0.05) is 13.7 Å². The smallest absolute Gasteiger partial charge is 0.241 e. The first-order chi connectivity index (χ1) is 7.11. The van der Waals surface area contributed by atoms with Gasteiger partial charge in [-0.2, -0.15) is 0 Å². The SMILES string of the molecule is CCC1NC(C(C)C)C(=O)N1CCOC. The highest BCUT2D eigenvalue weighted by atomic mass is 16.5. The molecule has 4 heteroatoms. The van der Waals surface area contributed by atoms with Crippen molar-refractivity contribution in [2.75, 3.05) is 20.3 Å². The quantitative estimate of drug-likeness (QED) is 0.737. The van der Waals surface area contributed by atoms with E-state index in [1.807, 2.05) is 4.90 Å². The molecule has 2 atom stereocenters. The lowest BCUT2D eigenvalue weighted by Crippen LogP contribution is -2.38. The van der Waals surface area contributed by atoms with Crippen LogP contribution >= 0.6 is 0 Å². The van der Waals surface area contributed by atoms with Crippen LogP contribution in [0.2, 0.25) is 0 Å². The maximum atomic E-state index is 12.0. The highest BCUT2D eigenvalue weighted by Gasteiger charge is 2.38. The summed E-state index contributed by atoms with van der Waals surface area (Å²) in [7, 11) is 1.66. The van der Waals surface area contributed by atoms with Gasteiger partial charge in [-0.3, -0.25) is 10.1 Å². The number of hydrogen-bond acceptors (Lipinski definition) is 3. The van der Waals surface area contributed by atoms with Crippen molar-refractivity contribution in [3.63, 3.8) is 0 Å². The zero-order chi connectivity index (χ0) is 11.4. The van der Waals surface area contributed by atoms with Crippen LogP contribution in [-0.2, 0) is 9.53 Å². The number of carbonyl (C=O) groups is 1. The molecule has 0 spiro atoms. The minimum absolute atomic E-state index is 0.0215. The third-order valence-corrected chi connectivity index (χ3v) is 2.89. The predicted molar refractivity (Wildman–Crippen MR) is 59.4 cm³/mol. The fraction of sp³-hybridized carbons (Fsp3) is 0.909. The molecule has 1 amide bonds. The average Bonchev–Trinajstić information content (AvgIpc) is 2.52. The Bertz CT molecular complexity index is 219. The first-order valence-corrected chi connectivity index (χ1v) is 5.67. The number of hydrogen-bond donors (Lipinski definition) is 1. The van der Waals surface area contributed by atoms with Crippen molar-refractivity contribution in [3.8, 4) is 0 Å². The van der Waals surface area contributed by atoms with Crippen LogP contribution in [0.4, 0.5) is 0 Å². The highest BCUT2D eigenvalue weighted by Crippen LogP contribution is 2.18. The van der Waals surface area contributed by atoms with E-state index in [-0.39, 0.29) is 18.1 Å². The molecule has 1 heterocycles. The summed E-state index contributed by atoms with van der Waals surface area (Å²) in [5, 5.41) is 3.37. The van der Waals surface area contributed by atoms with Crippen LogP contribution < -0.4 is 5.32 Å². The average molecular weight is 214 g/mol. The van der Waals surface area contributed by atoms with Crippen LogP contribution in [0, 0.1) is 5.92 Å². The van der Waals surface area contributed by atoms with Gasteiger partial charge in [0.25, 0.3) is 0 Å². The Labute approximate surface area is 92.0 Å². The van der Waals surface area contributed by atoms with Gasteiger partial charge in [-0.25, -0.2) is 0 Å². The number of nitrogens with one attached hydrogen (secondary N) is 1. The maximum absolute atomic E-state index is 12.0. The van der Waals surface area contributed by atoms with Gasteiger partial charge in [-0.05, 0) is 12.3 Å². The van der Waals surface area contributed by atoms with Gasteiger partial charge in [-0.15, -0.1) is 0 Å². The predicted octanol–water partition coefficient (Wildman–Crippen LogP) is 0.825. The van der Waals surface area contributed by atoms with E-state index in [2.05, 4.69) is 26.1 Å². The van der Waals surface area contributed by atoms with Crippen molar-refractivity contribution in [1.29, 1.82) is 0 Å². The highest BCUT2D eigenvalue weighted by molar-refractivity contribution is 5.84. The lowest BCUT2D eigenvalue weighted by atomic mass is 10.1. The summed E-state index contributed by atoms with van der Waals surface area (Å²) in [5.41, 5.74) is 0. The van der Waals surface area contributed by atoms with Crippen molar-refractivity contribution < 1.29 is 9.53 Å². The van der Waals surface area contributed by atoms with Crippen molar-refractivity contribution in [1.82, 2.24) is 10.2 Å². The van der Waals surface area contributed by atoms with E-state index < -0.39 is 0 Å². The van der Waals surface area contributed by atoms with Crippen LogP contribution in [0.1, 0.15) is 27.2 Å². The Kier molecular flexibility index (Phi) is 4.54. The number of methoxy groups -OCH3 is 1. The van der Waals surface area contributed by atoms with Crippen molar-refractivity contribution in [2.45, 2.75) is 39.4 Å². The third-order valence-electron chi connectivity index (χ3n) is 2.89. The van der Waals surface area contributed by atoms with Gasteiger partial charge in [0.1, 0.15) is 0 Å². The zero-order valence-electron chi connectivity index (χ0n) is 10.1. The summed E-state index contributed by atoms with van der Waals surface area (Å²) in [6, 6.07) is -0.0215. The number of carbonyl (C=O) groups excluding carboxylic acids is 1. The van der Waals surface area contributed by atoms with E-state index in [0.717, 1.165) is 6.42 Å². The second kappa shape index (κ2) is 5.47. The lowest BCUT2D eigenvalue weighted by Gasteiger charge is -2.22. The zero-order valence-corrected chi connectivity index (χ0v) is 10.1. The molecule has 0 aromatic rings. The minimum Gasteiger partial charge on any atom is -0.383 e. The molecule has 88 valence electrons. The third kappa shape index (κ3) is 2.69. The molecule has 1 rings (SSSR count). The van der Waals surface area contributed by atoms with Gasteiger partial charge in [0.2, 0.25) is 5.91 Å². The Morgan fingerprint density at radius 1 is 1.53 bits per heavy atom. The summed E-state index contributed by atoms with van der Waals surface area (Å²) >= 11 is 0. The van der Waals surface area contributed by atoms with E-state index in [0.29, 0.717) is 19.1 Å². The molecule has 4 nitrogen and oxygen atoms in total. The Hall–Kier alpha value is -0.610. The van der Waals surface area contributed by atoms with Crippen LogP contribution in [0.15, 0.2) is 0 Å². The van der Waals surface area contributed by atoms with E-state index in [9.17, 15) is 4.79 Å². The van der Waals surface area contributed by atoms with Gasteiger partial charge < -0.3 is 9.64 Å². The Morgan fingerprint density at radius 2 is 2.20 bits per heavy atom. The molecule has 2 unspecified atom stereocenters. The fourth-order valence-corrected chi connectivity index (χ4v) is 1.97. The number of ether oxygens (including phenoxy) is 1. The van der Waals surface area contributed by atoms with E-state index >= 15 is 0 Å². The van der Waals surface area contributed by atoms with Crippen LogP contribution in [0.25, 0.3) is 0 Å². The molecular weight excluding hydrogens is 192 g/mol. The molecule has 0 aromatic carbocycles. The molecular formula is C11H22N2O2. The second-order valence-electron chi connectivity index (χ2n) is 4.34. The molecule has 0 bridgehead atoms. The van der Waals surface area contributed by atoms with Crippen molar-refractivity contribution in [2.24, 2.45) is 5.92 Å².